The first-order chi connectivity index (χ1) is 17.0. The van der Waals surface area contributed by atoms with E-state index in [2.05, 4.69) is 27.0 Å². The van der Waals surface area contributed by atoms with E-state index in [1.807, 2.05) is 56.3 Å². The van der Waals surface area contributed by atoms with Crippen LogP contribution in [0, 0.1) is 19.7 Å². The first-order valence-corrected chi connectivity index (χ1v) is 12.0. The van der Waals surface area contributed by atoms with Gasteiger partial charge in [-0.05, 0) is 66.9 Å². The highest BCUT2D eigenvalue weighted by Crippen LogP contribution is 2.38. The number of carbonyl (C=O) groups excluding carboxylic acids is 1. The molecule has 4 aromatic rings. The van der Waals surface area contributed by atoms with E-state index in [0.717, 1.165) is 22.4 Å². The number of nitrogens with one attached hydrogen (secondary N) is 2. The van der Waals surface area contributed by atoms with Gasteiger partial charge in [0.15, 0.2) is 5.82 Å². The van der Waals surface area contributed by atoms with Crippen molar-refractivity contribution < 1.29 is 13.9 Å². The molecule has 5 rings (SSSR count). The maximum atomic E-state index is 13.6. The van der Waals surface area contributed by atoms with Crippen LogP contribution in [-0.4, -0.2) is 26.0 Å². The van der Waals surface area contributed by atoms with Gasteiger partial charge in [-0.3, -0.25) is 4.79 Å². The number of amides is 1. The van der Waals surface area contributed by atoms with Gasteiger partial charge in [-0.1, -0.05) is 48.2 Å². The first-order valence-electron chi connectivity index (χ1n) is 11.2. The first kappa shape index (κ1) is 22.9. The maximum absolute atomic E-state index is 13.6. The highest BCUT2D eigenvalue weighted by atomic mass is 32.2. The van der Waals surface area contributed by atoms with Crippen molar-refractivity contribution in [3.63, 3.8) is 0 Å². The Morgan fingerprint density at radius 2 is 1.77 bits per heavy atom. The van der Waals surface area contributed by atoms with Crippen LogP contribution in [0.25, 0.3) is 0 Å². The van der Waals surface area contributed by atoms with Gasteiger partial charge < -0.3 is 15.5 Å². The molecule has 1 amide bonds. The van der Waals surface area contributed by atoms with Gasteiger partial charge in [0.05, 0.1) is 6.04 Å². The molecule has 35 heavy (non-hydrogen) atoms. The van der Waals surface area contributed by atoms with E-state index in [0.29, 0.717) is 16.7 Å². The van der Waals surface area contributed by atoms with Gasteiger partial charge >= 0.3 is 0 Å². The number of ether oxygens (including phenoxy) is 1. The van der Waals surface area contributed by atoms with Gasteiger partial charge in [0.1, 0.15) is 23.4 Å². The summed E-state index contributed by atoms with van der Waals surface area (Å²) in [6.45, 7) is 4.17. The number of halogens is 1. The topological polar surface area (TPSA) is 81.1 Å². The minimum atomic E-state index is -0.569. The van der Waals surface area contributed by atoms with Gasteiger partial charge in [-0.15, -0.1) is 10.2 Å². The summed E-state index contributed by atoms with van der Waals surface area (Å²) >= 11 is 1.31. The third kappa shape index (κ3) is 5.14. The zero-order chi connectivity index (χ0) is 24.4. The average molecular weight is 490 g/mol. The quantitative estimate of drug-likeness (QED) is 0.396. The molecule has 178 valence electrons. The van der Waals surface area contributed by atoms with E-state index in [1.54, 1.807) is 16.8 Å². The fourth-order valence-electron chi connectivity index (χ4n) is 4.04. The van der Waals surface area contributed by atoms with Crippen LogP contribution < -0.4 is 15.5 Å². The van der Waals surface area contributed by atoms with Crippen molar-refractivity contribution in [1.82, 2.24) is 14.9 Å². The number of hydrogen-bond donors (Lipinski definition) is 2. The fraction of sp³-hybridized carbons (Fsp3) is 0.192. The maximum Gasteiger partial charge on any atom is 0.240 e. The van der Waals surface area contributed by atoms with Crippen LogP contribution >= 0.6 is 11.8 Å². The number of benzene rings is 3. The molecule has 2 heterocycles. The van der Waals surface area contributed by atoms with Crippen molar-refractivity contribution in [1.29, 1.82) is 0 Å². The molecular formula is C26H24FN5O2S. The third-order valence-corrected chi connectivity index (χ3v) is 6.81. The normalized spacial score (nSPS) is 16.8. The summed E-state index contributed by atoms with van der Waals surface area (Å²) < 4.78 is 21.2. The zero-order valence-corrected chi connectivity index (χ0v) is 20.1. The molecule has 0 fully saturated rings. The molecule has 2 atom stereocenters. The molecule has 0 bridgehead atoms. The molecule has 0 spiro atoms. The molecule has 7 nitrogen and oxygen atoms in total. The number of anilines is 1. The molecule has 1 aromatic heterocycles. The molecule has 1 aliphatic heterocycles. The Morgan fingerprint density at radius 3 is 2.49 bits per heavy atom. The van der Waals surface area contributed by atoms with Gasteiger partial charge in [0.2, 0.25) is 11.1 Å². The summed E-state index contributed by atoms with van der Waals surface area (Å²) in [5.74, 6) is 0.763. The van der Waals surface area contributed by atoms with E-state index < -0.39 is 11.3 Å². The number of nitrogens with zero attached hydrogens (tertiary/aromatic N) is 3. The minimum absolute atomic E-state index is 0.182. The van der Waals surface area contributed by atoms with E-state index in [-0.39, 0.29) is 18.3 Å². The van der Waals surface area contributed by atoms with Gasteiger partial charge in [-0.2, -0.15) is 0 Å². The lowest BCUT2D eigenvalue weighted by Gasteiger charge is -2.33. The minimum Gasteiger partial charge on any atom is -0.486 e. The van der Waals surface area contributed by atoms with E-state index in [9.17, 15) is 9.18 Å². The molecular weight excluding hydrogens is 465 g/mol. The molecule has 1 aliphatic rings. The standard InChI is InChI=1S/C26H24FN5O2S/c1-16-12-17(2)14-20(13-16)28-25(33)24-23(18-8-10-19(27)11-9-18)31-32-22(29-30-26(32)35-24)15-34-21-6-4-3-5-7-21/h3-14,23-24,31H,15H2,1-2H3,(H,28,33)/t23-,24-/m1/s1. The molecule has 0 unspecified atom stereocenters. The highest BCUT2D eigenvalue weighted by Gasteiger charge is 2.38. The van der Waals surface area contributed by atoms with Crippen molar-refractivity contribution in [2.45, 2.75) is 36.9 Å². The fourth-order valence-corrected chi connectivity index (χ4v) is 5.14. The summed E-state index contributed by atoms with van der Waals surface area (Å²) in [6, 6.07) is 21.0. The summed E-state index contributed by atoms with van der Waals surface area (Å²) in [4.78, 5) is 13.4. The molecule has 9 heteroatoms. The summed E-state index contributed by atoms with van der Waals surface area (Å²) in [5, 5.41) is 11.6. The number of para-hydroxylation sites is 1. The van der Waals surface area contributed by atoms with Crippen molar-refractivity contribution in [2.24, 2.45) is 0 Å². The Morgan fingerprint density at radius 1 is 1.06 bits per heavy atom. The van der Waals surface area contributed by atoms with Crippen LogP contribution in [0.15, 0.2) is 78.0 Å². The van der Waals surface area contributed by atoms with Crippen molar-refractivity contribution in [3.8, 4) is 5.75 Å². The number of aryl methyl sites for hydroxylation is 2. The summed E-state index contributed by atoms with van der Waals surface area (Å²) in [6.07, 6.45) is 0. The van der Waals surface area contributed by atoms with Crippen LogP contribution in [0.2, 0.25) is 0 Å². The zero-order valence-electron chi connectivity index (χ0n) is 19.2. The number of hydrogen-bond acceptors (Lipinski definition) is 6. The molecule has 2 N–H and O–H groups in total. The Labute approximate surface area is 206 Å². The van der Waals surface area contributed by atoms with E-state index in [4.69, 9.17) is 4.74 Å². The lowest BCUT2D eigenvalue weighted by molar-refractivity contribution is -0.116. The van der Waals surface area contributed by atoms with Crippen LogP contribution in [0.3, 0.4) is 0 Å². The molecule has 0 radical (unpaired) electrons. The second kappa shape index (κ2) is 9.79. The van der Waals surface area contributed by atoms with E-state index in [1.165, 1.54) is 23.9 Å². The second-order valence-corrected chi connectivity index (χ2v) is 9.51. The SMILES string of the molecule is Cc1cc(C)cc(NC(=O)[C@@H]2Sc3nnc(COc4ccccc4)n3N[C@@H]2c2ccc(F)cc2)c1. The van der Waals surface area contributed by atoms with Crippen LogP contribution in [-0.2, 0) is 11.4 Å². The molecule has 0 saturated heterocycles. The largest absolute Gasteiger partial charge is 0.486 e. The van der Waals surface area contributed by atoms with Gasteiger partial charge in [0.25, 0.3) is 0 Å². The van der Waals surface area contributed by atoms with E-state index >= 15 is 0 Å². The Hall–Kier alpha value is -3.85. The van der Waals surface area contributed by atoms with Crippen molar-refractivity contribution >= 4 is 23.4 Å². The number of aromatic nitrogens is 3. The average Bonchev–Trinajstić information content (AvgIpc) is 3.24. The van der Waals surface area contributed by atoms with Crippen LogP contribution in [0.4, 0.5) is 10.1 Å². The number of carbonyl (C=O) groups is 1. The van der Waals surface area contributed by atoms with Crippen LogP contribution in [0.5, 0.6) is 5.75 Å². The summed E-state index contributed by atoms with van der Waals surface area (Å²) in [5.41, 5.74) is 6.99. The second-order valence-electron chi connectivity index (χ2n) is 8.40. The lowest BCUT2D eigenvalue weighted by atomic mass is 10.0. The molecule has 0 saturated carbocycles. The van der Waals surface area contributed by atoms with Crippen LogP contribution in [0.1, 0.15) is 28.6 Å². The lowest BCUT2D eigenvalue weighted by Crippen LogP contribution is -2.41. The highest BCUT2D eigenvalue weighted by molar-refractivity contribution is 8.00. The Bertz CT molecular complexity index is 1320. The van der Waals surface area contributed by atoms with Gasteiger partial charge in [0, 0.05) is 5.69 Å². The monoisotopic (exact) mass is 489 g/mol. The number of fused-ring (bicyclic) bond motifs is 1. The number of thioether (sulfide) groups is 1. The summed E-state index contributed by atoms with van der Waals surface area (Å²) in [7, 11) is 0. The molecule has 3 aromatic carbocycles. The predicted octanol–water partition coefficient (Wildman–Crippen LogP) is 5.01. The predicted molar refractivity (Wildman–Crippen MR) is 133 cm³/mol. The van der Waals surface area contributed by atoms with Crippen molar-refractivity contribution in [3.05, 3.63) is 101 Å². The molecule has 0 aliphatic carbocycles. The van der Waals surface area contributed by atoms with Gasteiger partial charge in [-0.25, -0.2) is 9.07 Å². The third-order valence-electron chi connectivity index (χ3n) is 5.59. The smallest absolute Gasteiger partial charge is 0.240 e. The van der Waals surface area contributed by atoms with Crippen molar-refractivity contribution in [2.75, 3.05) is 10.7 Å². The Balaban J connectivity index is 1.42. The Kier molecular flexibility index (Phi) is 6.41. The number of rotatable bonds is 6.